The van der Waals surface area contributed by atoms with Crippen LogP contribution in [0.4, 0.5) is 5.69 Å². The molecule has 1 amide bonds. The van der Waals surface area contributed by atoms with Crippen LogP contribution < -0.4 is 5.32 Å². The summed E-state index contributed by atoms with van der Waals surface area (Å²) in [5.41, 5.74) is 1.11. The fraction of sp³-hybridized carbons (Fsp3) is 0.0667. The van der Waals surface area contributed by atoms with E-state index in [9.17, 15) is 4.79 Å². The van der Waals surface area contributed by atoms with Crippen molar-refractivity contribution in [2.45, 2.75) is 6.67 Å². The van der Waals surface area contributed by atoms with Crippen molar-refractivity contribution in [2.75, 3.05) is 5.32 Å². The van der Waals surface area contributed by atoms with Crippen LogP contribution in [0.2, 0.25) is 0 Å². The van der Waals surface area contributed by atoms with E-state index in [4.69, 9.17) is 6.42 Å². The Morgan fingerprint density at radius 3 is 2.90 bits per heavy atom. The minimum Gasteiger partial charge on any atom is -0.321 e. The Morgan fingerprint density at radius 2 is 2.15 bits per heavy atom. The molecule has 1 aromatic heterocycles. The Bertz CT molecular complexity index is 709. The summed E-state index contributed by atoms with van der Waals surface area (Å²) in [7, 11) is 0. The van der Waals surface area contributed by atoms with Gasteiger partial charge in [0.1, 0.15) is 18.2 Å². The van der Waals surface area contributed by atoms with E-state index in [1.807, 2.05) is 34.9 Å². The van der Waals surface area contributed by atoms with E-state index >= 15 is 0 Å². The van der Waals surface area contributed by atoms with Gasteiger partial charge in [0.2, 0.25) is 0 Å². The van der Waals surface area contributed by atoms with Crippen molar-refractivity contribution in [2.24, 2.45) is 0 Å². The van der Waals surface area contributed by atoms with Crippen molar-refractivity contribution in [3.8, 4) is 12.5 Å². The maximum absolute atomic E-state index is 12.1. The summed E-state index contributed by atoms with van der Waals surface area (Å²) in [5, 5.41) is 2.80. The molecule has 2 heterocycles. The predicted octanol–water partition coefficient (Wildman–Crippen LogP) is 1.97. The largest absolute Gasteiger partial charge is 0.321 e. The molecule has 0 radical (unpaired) electrons. The SMILES string of the molecule is C#CN1C=Cc2nc(C(=O)Nc3ccccc3)cn2C1. The number of imidazole rings is 1. The molecule has 0 bridgehead atoms. The molecule has 0 unspecified atom stereocenters. The number of benzene rings is 1. The highest BCUT2D eigenvalue weighted by Gasteiger charge is 2.16. The third kappa shape index (κ3) is 2.27. The van der Waals surface area contributed by atoms with Crippen LogP contribution in [0.3, 0.4) is 0 Å². The molecule has 0 saturated carbocycles. The van der Waals surface area contributed by atoms with E-state index in [1.54, 1.807) is 23.4 Å². The smallest absolute Gasteiger partial charge is 0.275 e. The zero-order valence-corrected chi connectivity index (χ0v) is 10.7. The molecule has 1 aliphatic heterocycles. The summed E-state index contributed by atoms with van der Waals surface area (Å²) in [4.78, 5) is 18.1. The van der Waals surface area contributed by atoms with E-state index in [0.29, 0.717) is 12.4 Å². The summed E-state index contributed by atoms with van der Waals surface area (Å²) in [6.07, 6.45) is 10.6. The van der Waals surface area contributed by atoms with E-state index in [-0.39, 0.29) is 5.91 Å². The van der Waals surface area contributed by atoms with Gasteiger partial charge < -0.3 is 9.88 Å². The number of terminal acetylenes is 1. The first-order valence-electron chi connectivity index (χ1n) is 6.11. The molecule has 98 valence electrons. The van der Waals surface area contributed by atoms with Gasteiger partial charge in [-0.15, -0.1) is 0 Å². The van der Waals surface area contributed by atoms with Gasteiger partial charge in [-0.25, -0.2) is 4.98 Å². The molecule has 5 heteroatoms. The van der Waals surface area contributed by atoms with Gasteiger partial charge in [-0.2, -0.15) is 0 Å². The van der Waals surface area contributed by atoms with Crippen molar-refractivity contribution in [3.63, 3.8) is 0 Å². The van der Waals surface area contributed by atoms with Gasteiger partial charge in [0.25, 0.3) is 5.91 Å². The molecule has 0 fully saturated rings. The molecule has 0 spiro atoms. The number of hydrogen-bond donors (Lipinski definition) is 1. The molecule has 5 nitrogen and oxygen atoms in total. The highest BCUT2D eigenvalue weighted by Crippen LogP contribution is 2.14. The van der Waals surface area contributed by atoms with Gasteiger partial charge in [0.05, 0.1) is 0 Å². The van der Waals surface area contributed by atoms with Crippen LogP contribution in [0.25, 0.3) is 6.08 Å². The van der Waals surface area contributed by atoms with Crippen molar-refractivity contribution >= 4 is 17.7 Å². The first kappa shape index (κ1) is 12.1. The zero-order chi connectivity index (χ0) is 13.9. The van der Waals surface area contributed by atoms with E-state index in [1.165, 1.54) is 0 Å². The summed E-state index contributed by atoms with van der Waals surface area (Å²) in [6, 6.07) is 11.8. The van der Waals surface area contributed by atoms with Gasteiger partial charge in [-0.3, -0.25) is 9.69 Å². The van der Waals surface area contributed by atoms with Crippen LogP contribution in [0, 0.1) is 12.5 Å². The molecule has 1 aliphatic rings. The van der Waals surface area contributed by atoms with Crippen LogP contribution in [0.5, 0.6) is 0 Å². The molecule has 20 heavy (non-hydrogen) atoms. The molecular weight excluding hydrogens is 252 g/mol. The Hall–Kier alpha value is -3.00. The molecule has 1 N–H and O–H groups in total. The Labute approximate surface area is 116 Å². The van der Waals surface area contributed by atoms with Crippen molar-refractivity contribution in [1.29, 1.82) is 0 Å². The average molecular weight is 264 g/mol. The molecule has 0 aliphatic carbocycles. The minimum atomic E-state index is -0.237. The standard InChI is InChI=1S/C15H12N4O/c1-2-18-9-8-14-17-13(10-19(14)11-18)15(20)16-12-6-4-3-5-7-12/h1,3-10H,11H2,(H,16,20). The number of anilines is 1. The highest BCUT2D eigenvalue weighted by atomic mass is 16.1. The Morgan fingerprint density at radius 1 is 1.35 bits per heavy atom. The summed E-state index contributed by atoms with van der Waals surface area (Å²) < 4.78 is 1.83. The monoisotopic (exact) mass is 264 g/mol. The van der Waals surface area contributed by atoms with E-state index in [0.717, 1.165) is 11.5 Å². The lowest BCUT2D eigenvalue weighted by Gasteiger charge is -2.17. The maximum atomic E-state index is 12.1. The first-order chi connectivity index (χ1) is 9.76. The second-order valence-corrected chi connectivity index (χ2v) is 4.33. The number of aromatic nitrogens is 2. The minimum absolute atomic E-state index is 0.237. The van der Waals surface area contributed by atoms with Gasteiger partial charge >= 0.3 is 0 Å². The molecule has 1 aromatic carbocycles. The normalized spacial score (nSPS) is 12.7. The second-order valence-electron chi connectivity index (χ2n) is 4.33. The van der Waals surface area contributed by atoms with Gasteiger partial charge in [0.15, 0.2) is 0 Å². The van der Waals surface area contributed by atoms with Crippen LogP contribution in [-0.2, 0) is 6.67 Å². The third-order valence-electron chi connectivity index (χ3n) is 2.95. The third-order valence-corrected chi connectivity index (χ3v) is 2.95. The lowest BCUT2D eigenvalue weighted by Crippen LogP contribution is -2.19. The van der Waals surface area contributed by atoms with Gasteiger partial charge in [-0.1, -0.05) is 24.6 Å². The molecule has 0 atom stereocenters. The number of para-hydroxylation sites is 1. The fourth-order valence-electron chi connectivity index (χ4n) is 1.95. The van der Waals surface area contributed by atoms with Crippen molar-refractivity contribution < 1.29 is 4.79 Å². The van der Waals surface area contributed by atoms with Gasteiger partial charge in [0, 0.05) is 24.1 Å². The molecule has 3 rings (SSSR count). The Balaban J connectivity index is 1.80. The number of carbonyl (C=O) groups excluding carboxylic acids is 1. The number of carbonyl (C=O) groups is 1. The predicted molar refractivity (Wildman–Crippen MR) is 76.3 cm³/mol. The lowest BCUT2D eigenvalue weighted by molar-refractivity contribution is 0.102. The summed E-state index contributed by atoms with van der Waals surface area (Å²) in [5.74, 6) is 0.480. The second kappa shape index (κ2) is 4.94. The number of amides is 1. The van der Waals surface area contributed by atoms with Crippen LogP contribution in [0.15, 0.2) is 42.7 Å². The Kier molecular flexibility index (Phi) is 2.98. The van der Waals surface area contributed by atoms with Crippen LogP contribution in [0.1, 0.15) is 16.3 Å². The first-order valence-corrected chi connectivity index (χ1v) is 6.11. The van der Waals surface area contributed by atoms with E-state index < -0.39 is 0 Å². The fourth-order valence-corrected chi connectivity index (χ4v) is 1.95. The number of nitrogens with one attached hydrogen (secondary N) is 1. The van der Waals surface area contributed by atoms with Gasteiger partial charge in [-0.05, 0) is 18.2 Å². The van der Waals surface area contributed by atoms with E-state index in [2.05, 4.69) is 16.3 Å². The van der Waals surface area contributed by atoms with Crippen molar-refractivity contribution in [3.05, 3.63) is 54.2 Å². The van der Waals surface area contributed by atoms with Crippen LogP contribution in [-0.4, -0.2) is 20.4 Å². The molecule has 0 saturated heterocycles. The van der Waals surface area contributed by atoms with Crippen LogP contribution >= 0.6 is 0 Å². The average Bonchev–Trinajstić information content (AvgIpc) is 2.91. The quantitative estimate of drug-likeness (QED) is 0.844. The zero-order valence-electron chi connectivity index (χ0n) is 10.7. The summed E-state index contributed by atoms with van der Waals surface area (Å²) >= 11 is 0. The molecule has 2 aromatic rings. The number of nitrogens with zero attached hydrogens (tertiary/aromatic N) is 3. The number of rotatable bonds is 2. The van der Waals surface area contributed by atoms with Crippen molar-refractivity contribution in [1.82, 2.24) is 14.5 Å². The number of fused-ring (bicyclic) bond motifs is 1. The summed E-state index contributed by atoms with van der Waals surface area (Å²) in [6.45, 7) is 0.494. The molecular formula is C15H12N4O. The lowest BCUT2D eigenvalue weighted by atomic mass is 10.3. The topological polar surface area (TPSA) is 50.2 Å². The maximum Gasteiger partial charge on any atom is 0.275 e. The highest BCUT2D eigenvalue weighted by molar-refractivity contribution is 6.02. The number of hydrogen-bond acceptors (Lipinski definition) is 3.